The molecule has 2 aromatic heterocycles. The van der Waals surface area contributed by atoms with E-state index in [1.54, 1.807) is 11.8 Å². The number of aromatic nitrogens is 3. The van der Waals surface area contributed by atoms with E-state index in [0.717, 1.165) is 0 Å². The van der Waals surface area contributed by atoms with Crippen molar-refractivity contribution in [3.8, 4) is 0 Å². The van der Waals surface area contributed by atoms with Crippen molar-refractivity contribution in [2.24, 2.45) is 0 Å². The van der Waals surface area contributed by atoms with E-state index in [0.29, 0.717) is 34.1 Å². The Hall–Kier alpha value is -2.53. The van der Waals surface area contributed by atoms with Crippen LogP contribution < -0.4 is 10.7 Å². The molecule has 9 nitrogen and oxygen atoms in total. The number of amides is 1. The van der Waals surface area contributed by atoms with Gasteiger partial charge in [-0.2, -0.15) is 0 Å². The van der Waals surface area contributed by atoms with Crippen LogP contribution in [0.5, 0.6) is 0 Å². The molecule has 0 saturated heterocycles. The van der Waals surface area contributed by atoms with Crippen molar-refractivity contribution in [3.05, 3.63) is 28.7 Å². The molecular weight excluding hydrogens is 376 g/mol. The van der Waals surface area contributed by atoms with Gasteiger partial charge in [-0.3, -0.25) is 10.2 Å². The van der Waals surface area contributed by atoms with Gasteiger partial charge in [0.1, 0.15) is 17.7 Å². The molecule has 0 atom stereocenters. The molecule has 0 aliphatic rings. The fraction of sp³-hybridized carbons (Fsp3) is 0.400. The number of methoxy groups -OCH3 is 1. The molecule has 0 fully saturated rings. The second-order valence-corrected chi connectivity index (χ2v) is 6.59. The predicted molar refractivity (Wildman–Crippen MR) is 103 cm³/mol. The number of carbonyl (C=O) groups excluding carboxylic acids is 2. The fourth-order valence-electron chi connectivity index (χ4n) is 2.31. The monoisotopic (exact) mass is 396 g/mol. The minimum atomic E-state index is -0.535. The lowest BCUT2D eigenvalue weighted by Crippen LogP contribution is -2.30. The second kappa shape index (κ2) is 8.72. The first-order valence-electron chi connectivity index (χ1n) is 7.86. The number of nitrogens with zero attached hydrogens (tertiary/aromatic N) is 4. The van der Waals surface area contributed by atoms with Crippen LogP contribution in [0.1, 0.15) is 39.4 Å². The van der Waals surface area contributed by atoms with E-state index >= 15 is 0 Å². The van der Waals surface area contributed by atoms with E-state index in [1.165, 1.54) is 35.8 Å². The van der Waals surface area contributed by atoms with Gasteiger partial charge in [0.25, 0.3) is 5.91 Å². The van der Waals surface area contributed by atoms with Gasteiger partial charge in [-0.25, -0.2) is 9.47 Å². The number of rotatable bonds is 6. The first-order chi connectivity index (χ1) is 12.4. The molecule has 0 unspecified atom stereocenters. The van der Waals surface area contributed by atoms with Gasteiger partial charge < -0.3 is 15.0 Å². The zero-order valence-corrected chi connectivity index (χ0v) is 16.5. The van der Waals surface area contributed by atoms with Crippen LogP contribution in [0, 0.1) is 6.92 Å². The summed E-state index contributed by atoms with van der Waals surface area (Å²) in [6.45, 7) is 6.69. The van der Waals surface area contributed by atoms with Crippen molar-refractivity contribution < 1.29 is 14.3 Å². The second-order valence-electron chi connectivity index (χ2n) is 5.16. The van der Waals surface area contributed by atoms with E-state index in [1.807, 2.05) is 13.8 Å². The smallest absolute Gasteiger partial charge is 0.341 e. The third-order valence-corrected chi connectivity index (χ3v) is 5.05. The average molecular weight is 396 g/mol. The van der Waals surface area contributed by atoms with Gasteiger partial charge >= 0.3 is 5.97 Å². The first-order valence-corrected chi connectivity index (χ1v) is 9.08. The predicted octanol–water partition coefficient (Wildman–Crippen LogP) is 1.86. The molecule has 11 heteroatoms. The number of carbonyl (C=O) groups is 2. The van der Waals surface area contributed by atoms with E-state index in [-0.39, 0.29) is 11.0 Å². The minimum Gasteiger partial charge on any atom is -0.465 e. The van der Waals surface area contributed by atoms with Crippen LogP contribution in [0.2, 0.25) is 0 Å². The molecule has 0 aliphatic carbocycles. The lowest BCUT2D eigenvalue weighted by Gasteiger charge is -2.17. The Kier molecular flexibility index (Phi) is 6.64. The summed E-state index contributed by atoms with van der Waals surface area (Å²) in [6, 6.07) is 0. The van der Waals surface area contributed by atoms with Crippen molar-refractivity contribution in [1.82, 2.24) is 19.8 Å². The lowest BCUT2D eigenvalue weighted by atomic mass is 10.1. The summed E-state index contributed by atoms with van der Waals surface area (Å²) in [5, 5.41) is 10.9. The van der Waals surface area contributed by atoms with Crippen LogP contribution in [0.25, 0.3) is 0 Å². The molecule has 2 heterocycles. The highest BCUT2D eigenvalue weighted by molar-refractivity contribution is 7.80. The number of esters is 1. The van der Waals surface area contributed by atoms with Crippen LogP contribution in [0.15, 0.2) is 12.7 Å². The maximum atomic E-state index is 12.7. The maximum Gasteiger partial charge on any atom is 0.341 e. The molecule has 1 amide bonds. The highest BCUT2D eigenvalue weighted by Crippen LogP contribution is 2.34. The van der Waals surface area contributed by atoms with Crippen molar-refractivity contribution >= 4 is 45.5 Å². The number of hydrogen-bond donors (Lipinski definition) is 2. The zero-order chi connectivity index (χ0) is 19.3. The molecule has 0 aromatic carbocycles. The quantitative estimate of drug-likeness (QED) is 0.564. The summed E-state index contributed by atoms with van der Waals surface area (Å²) in [5.41, 5.74) is 3.68. The Balaban J connectivity index is 2.34. The number of ether oxygens (including phenoxy) is 1. The largest absolute Gasteiger partial charge is 0.465 e. The van der Waals surface area contributed by atoms with Crippen molar-refractivity contribution in [1.29, 1.82) is 0 Å². The van der Waals surface area contributed by atoms with Crippen LogP contribution in [-0.2, 0) is 4.74 Å². The number of nitrogens with one attached hydrogen (secondary N) is 2. The molecule has 0 spiro atoms. The van der Waals surface area contributed by atoms with Crippen LogP contribution in [0.4, 0.5) is 5.00 Å². The Morgan fingerprint density at radius 2 is 1.92 bits per heavy atom. The van der Waals surface area contributed by atoms with Crippen molar-refractivity contribution in [2.45, 2.75) is 20.8 Å². The number of anilines is 1. The van der Waals surface area contributed by atoms with Gasteiger partial charge in [0.15, 0.2) is 5.11 Å². The summed E-state index contributed by atoms with van der Waals surface area (Å²) < 4.78 is 6.32. The first kappa shape index (κ1) is 19.8. The van der Waals surface area contributed by atoms with Crippen LogP contribution in [0.3, 0.4) is 0 Å². The van der Waals surface area contributed by atoms with Gasteiger partial charge in [-0.1, -0.05) is 0 Å². The number of thiophene rings is 1. The maximum absolute atomic E-state index is 12.7. The Morgan fingerprint density at radius 3 is 2.46 bits per heavy atom. The molecule has 0 saturated carbocycles. The third-order valence-electron chi connectivity index (χ3n) is 3.66. The summed E-state index contributed by atoms with van der Waals surface area (Å²) in [5.74, 6) is -0.666. The Bertz CT molecular complexity index is 799. The van der Waals surface area contributed by atoms with Gasteiger partial charge in [0.2, 0.25) is 0 Å². The molecule has 0 aliphatic heterocycles. The summed E-state index contributed by atoms with van der Waals surface area (Å²) in [6.07, 6.45) is 2.87. The van der Waals surface area contributed by atoms with Gasteiger partial charge in [0, 0.05) is 13.1 Å². The standard InChI is InChI=1S/C15H20N6O3S2/c1-5-20(6-2)13(22)11-9(3)10(14(23)24-4)12(26-11)18-15(25)19-21-7-16-17-8-21/h7-8H,5-6H2,1-4H3,(H2,18,19,25). The number of hydrogen-bond acceptors (Lipinski definition) is 7. The van der Waals surface area contributed by atoms with Gasteiger partial charge in [-0.15, -0.1) is 21.5 Å². The fourth-order valence-corrected chi connectivity index (χ4v) is 3.75. The molecule has 2 N–H and O–H groups in total. The van der Waals surface area contributed by atoms with Crippen molar-refractivity contribution in [3.63, 3.8) is 0 Å². The molecular formula is C15H20N6O3S2. The molecule has 2 aromatic rings. The highest BCUT2D eigenvalue weighted by atomic mass is 32.1. The van der Waals surface area contributed by atoms with Crippen LogP contribution >= 0.6 is 23.6 Å². The Morgan fingerprint density at radius 1 is 1.31 bits per heavy atom. The van der Waals surface area contributed by atoms with E-state index in [2.05, 4.69) is 20.9 Å². The average Bonchev–Trinajstić information content (AvgIpc) is 3.23. The van der Waals surface area contributed by atoms with Gasteiger partial charge in [-0.05, 0) is 38.6 Å². The zero-order valence-electron chi connectivity index (χ0n) is 14.9. The minimum absolute atomic E-state index is 0.131. The normalized spacial score (nSPS) is 10.3. The molecule has 2 rings (SSSR count). The molecule has 0 bridgehead atoms. The molecule has 140 valence electrons. The van der Waals surface area contributed by atoms with E-state index in [4.69, 9.17) is 17.0 Å². The molecule has 26 heavy (non-hydrogen) atoms. The van der Waals surface area contributed by atoms with E-state index < -0.39 is 5.97 Å². The Labute approximate surface area is 160 Å². The number of thiocarbonyl (C=S) groups is 1. The molecule has 0 radical (unpaired) electrons. The lowest BCUT2D eigenvalue weighted by molar-refractivity contribution is 0.0601. The van der Waals surface area contributed by atoms with E-state index in [9.17, 15) is 9.59 Å². The SMILES string of the molecule is CCN(CC)C(=O)c1sc(NC(=S)Nn2cnnc2)c(C(=O)OC)c1C. The summed E-state index contributed by atoms with van der Waals surface area (Å²) >= 11 is 6.41. The highest BCUT2D eigenvalue weighted by Gasteiger charge is 2.27. The third kappa shape index (κ3) is 4.17. The summed E-state index contributed by atoms with van der Waals surface area (Å²) in [4.78, 5) is 27.1. The van der Waals surface area contributed by atoms with Crippen molar-refractivity contribution in [2.75, 3.05) is 30.9 Å². The van der Waals surface area contributed by atoms with Crippen LogP contribution in [-0.4, -0.2) is 57.0 Å². The topological polar surface area (TPSA) is 101 Å². The summed E-state index contributed by atoms with van der Waals surface area (Å²) in [7, 11) is 1.29. The van der Waals surface area contributed by atoms with Gasteiger partial charge in [0.05, 0.1) is 17.6 Å².